The first-order valence-electron chi connectivity index (χ1n) is 22.0. The second-order valence-corrected chi connectivity index (χ2v) is 22.5. The molecular formula is C56H52BN3S2. The number of rotatable bonds is 3. The van der Waals surface area contributed by atoms with Gasteiger partial charge in [0.15, 0.2) is 0 Å². The summed E-state index contributed by atoms with van der Waals surface area (Å²) in [7, 11) is 0. The number of fused-ring (bicyclic) bond motifs is 8. The highest BCUT2D eigenvalue weighted by Gasteiger charge is 2.46. The summed E-state index contributed by atoms with van der Waals surface area (Å²) in [6.45, 7) is 20.9. The van der Waals surface area contributed by atoms with Gasteiger partial charge in [0.2, 0.25) is 0 Å². The molecule has 3 nitrogen and oxygen atoms in total. The number of benzene rings is 7. The van der Waals surface area contributed by atoms with Crippen molar-refractivity contribution in [3.8, 4) is 0 Å². The molecule has 306 valence electrons. The Morgan fingerprint density at radius 3 is 1.60 bits per heavy atom. The Hall–Kier alpha value is -5.69. The molecule has 11 rings (SSSR count). The summed E-state index contributed by atoms with van der Waals surface area (Å²) in [6, 6.07) is 57.7. The molecule has 0 saturated carbocycles. The van der Waals surface area contributed by atoms with Crippen molar-refractivity contribution in [2.75, 3.05) is 14.7 Å². The minimum Gasteiger partial charge on any atom is -0.311 e. The highest BCUT2D eigenvalue weighted by Crippen LogP contribution is 2.55. The zero-order valence-electron chi connectivity index (χ0n) is 37.2. The molecule has 4 heterocycles. The molecular weight excluding hydrogens is 790 g/mol. The lowest BCUT2D eigenvalue weighted by Crippen LogP contribution is -2.60. The molecule has 0 amide bonds. The summed E-state index contributed by atoms with van der Waals surface area (Å²) in [5.74, 6) is 0. The van der Waals surface area contributed by atoms with Crippen LogP contribution >= 0.6 is 23.1 Å². The topological polar surface area (TPSA) is 9.72 Å². The standard InChI is InChI=1S/C56H52BN3S2/c1-54(2,3)35-22-27-39(28-23-35)58-43-31-26-37(56(7,8)9)32-42(43)57-51-45(58)19-15-20-46(51)60(40-29-24-36(25-30-40)55(4,5)6)52-41-33-47-50(34-49(41)62-53(52)57)61-48-21-14-13-18-44(48)59(47)38-16-11-10-12-17-38/h10-34H,1-9H3. The molecule has 1 aromatic heterocycles. The molecule has 0 fully saturated rings. The Morgan fingerprint density at radius 1 is 0.419 bits per heavy atom. The van der Waals surface area contributed by atoms with Gasteiger partial charge < -0.3 is 14.7 Å². The van der Waals surface area contributed by atoms with Crippen LogP contribution in [0.4, 0.5) is 51.2 Å². The van der Waals surface area contributed by atoms with Crippen LogP contribution in [-0.2, 0) is 16.2 Å². The molecule has 0 unspecified atom stereocenters. The van der Waals surface area contributed by atoms with E-state index in [1.807, 2.05) is 23.1 Å². The van der Waals surface area contributed by atoms with Gasteiger partial charge in [-0.2, -0.15) is 0 Å². The molecule has 0 radical (unpaired) electrons. The SMILES string of the molecule is CC(C)(C)c1ccc(N2c3ccc(C(C)(C)C)cc3B3c4sc5cc6c(cc5c4N(c4ccc(C(C)(C)C)cc4)c4cccc2c43)N(c2ccccc2)c2ccccc2S6)cc1. The van der Waals surface area contributed by atoms with E-state index in [9.17, 15) is 0 Å². The number of thiophene rings is 1. The molecule has 0 saturated heterocycles. The van der Waals surface area contributed by atoms with E-state index in [2.05, 4.69) is 229 Å². The summed E-state index contributed by atoms with van der Waals surface area (Å²) in [5, 5.41) is 1.29. The Bertz CT molecular complexity index is 3060. The van der Waals surface area contributed by atoms with Gasteiger partial charge in [0, 0.05) is 58.8 Å². The van der Waals surface area contributed by atoms with Crippen LogP contribution in [0.25, 0.3) is 10.1 Å². The fourth-order valence-electron chi connectivity index (χ4n) is 9.76. The summed E-state index contributed by atoms with van der Waals surface area (Å²) >= 11 is 3.87. The van der Waals surface area contributed by atoms with Crippen molar-refractivity contribution in [2.45, 2.75) is 88.3 Å². The van der Waals surface area contributed by atoms with Gasteiger partial charge in [-0.15, -0.1) is 11.3 Å². The molecule has 62 heavy (non-hydrogen) atoms. The molecule has 6 heteroatoms. The molecule has 7 aromatic carbocycles. The summed E-state index contributed by atoms with van der Waals surface area (Å²) < 4.78 is 2.71. The van der Waals surface area contributed by atoms with E-state index < -0.39 is 0 Å². The van der Waals surface area contributed by atoms with Crippen LogP contribution in [-0.4, -0.2) is 6.71 Å². The Balaban J connectivity index is 1.21. The second-order valence-electron chi connectivity index (χ2n) is 20.3. The fourth-order valence-corrected chi connectivity index (χ4v) is 12.3. The number of hydrogen-bond donors (Lipinski definition) is 0. The van der Waals surface area contributed by atoms with Gasteiger partial charge in [-0.1, -0.05) is 147 Å². The lowest BCUT2D eigenvalue weighted by Gasteiger charge is -2.43. The van der Waals surface area contributed by atoms with Gasteiger partial charge in [-0.05, 0) is 123 Å². The average molecular weight is 842 g/mol. The van der Waals surface area contributed by atoms with Gasteiger partial charge >= 0.3 is 0 Å². The number of para-hydroxylation sites is 2. The van der Waals surface area contributed by atoms with Gasteiger partial charge in [-0.3, -0.25) is 0 Å². The van der Waals surface area contributed by atoms with Crippen molar-refractivity contribution in [1.82, 2.24) is 0 Å². The quantitative estimate of drug-likeness (QED) is 0.164. The van der Waals surface area contributed by atoms with Crippen LogP contribution in [0.3, 0.4) is 0 Å². The molecule has 0 spiro atoms. The second kappa shape index (κ2) is 13.9. The maximum absolute atomic E-state index is 2.60. The molecule has 0 aliphatic carbocycles. The predicted octanol–water partition coefficient (Wildman–Crippen LogP) is 14.8. The number of anilines is 9. The Kier molecular flexibility index (Phi) is 8.79. The third-order valence-corrected chi connectivity index (χ3v) is 15.4. The molecule has 0 N–H and O–H groups in total. The first kappa shape index (κ1) is 39.2. The van der Waals surface area contributed by atoms with Gasteiger partial charge in [0.1, 0.15) is 0 Å². The van der Waals surface area contributed by atoms with Crippen LogP contribution in [0, 0.1) is 0 Å². The normalized spacial score (nSPS) is 14.3. The van der Waals surface area contributed by atoms with Crippen molar-refractivity contribution in [3.63, 3.8) is 0 Å². The third kappa shape index (κ3) is 6.16. The van der Waals surface area contributed by atoms with E-state index in [0.29, 0.717) is 0 Å². The van der Waals surface area contributed by atoms with E-state index in [1.54, 1.807) is 0 Å². The lowest BCUT2D eigenvalue weighted by molar-refractivity contribution is 0.590. The fraction of sp³-hybridized carbons (Fsp3) is 0.214. The van der Waals surface area contributed by atoms with E-state index in [0.717, 1.165) is 0 Å². The first-order chi connectivity index (χ1) is 29.6. The monoisotopic (exact) mass is 841 g/mol. The smallest absolute Gasteiger partial charge is 0.264 e. The molecule has 0 atom stereocenters. The van der Waals surface area contributed by atoms with E-state index in [-0.39, 0.29) is 23.0 Å². The molecule has 3 aliphatic rings. The number of nitrogens with zero attached hydrogens (tertiary/aromatic N) is 3. The van der Waals surface area contributed by atoms with Crippen molar-refractivity contribution in [3.05, 3.63) is 168 Å². The summed E-state index contributed by atoms with van der Waals surface area (Å²) in [6.07, 6.45) is 0. The van der Waals surface area contributed by atoms with Crippen LogP contribution in [0.5, 0.6) is 0 Å². The average Bonchev–Trinajstić information content (AvgIpc) is 3.61. The largest absolute Gasteiger partial charge is 0.311 e. The van der Waals surface area contributed by atoms with E-state index in [1.165, 1.54) is 103 Å². The lowest BCUT2D eigenvalue weighted by atomic mass is 9.36. The highest BCUT2D eigenvalue weighted by atomic mass is 32.2. The van der Waals surface area contributed by atoms with Gasteiger partial charge in [-0.25, -0.2) is 0 Å². The molecule has 8 aromatic rings. The first-order valence-corrected chi connectivity index (χ1v) is 23.6. The zero-order chi connectivity index (χ0) is 42.9. The van der Waals surface area contributed by atoms with Crippen molar-refractivity contribution >= 4 is 107 Å². The summed E-state index contributed by atoms with van der Waals surface area (Å²) in [4.78, 5) is 10.2. The Labute approximate surface area is 376 Å². The third-order valence-electron chi connectivity index (χ3n) is 13.1. The zero-order valence-corrected chi connectivity index (χ0v) is 38.8. The summed E-state index contributed by atoms with van der Waals surface area (Å²) in [5.41, 5.74) is 17.8. The van der Waals surface area contributed by atoms with Crippen LogP contribution < -0.4 is 30.4 Å². The molecule has 0 bridgehead atoms. The van der Waals surface area contributed by atoms with Crippen LogP contribution in [0.15, 0.2) is 161 Å². The van der Waals surface area contributed by atoms with Crippen LogP contribution in [0.1, 0.15) is 79.0 Å². The number of hydrogen-bond acceptors (Lipinski definition) is 5. The predicted molar refractivity (Wildman–Crippen MR) is 271 cm³/mol. The highest BCUT2D eigenvalue weighted by molar-refractivity contribution is 7.99. The minimum absolute atomic E-state index is 0.0152. The maximum Gasteiger partial charge on any atom is 0.264 e. The minimum atomic E-state index is -0.0152. The van der Waals surface area contributed by atoms with E-state index in [4.69, 9.17) is 0 Å². The van der Waals surface area contributed by atoms with E-state index >= 15 is 0 Å². The van der Waals surface area contributed by atoms with Crippen LogP contribution in [0.2, 0.25) is 0 Å². The van der Waals surface area contributed by atoms with Crippen molar-refractivity contribution in [1.29, 1.82) is 0 Å². The molecule has 3 aliphatic heterocycles. The van der Waals surface area contributed by atoms with Gasteiger partial charge in [0.05, 0.1) is 17.1 Å². The van der Waals surface area contributed by atoms with Gasteiger partial charge in [0.25, 0.3) is 6.71 Å². The maximum atomic E-state index is 2.60. The van der Waals surface area contributed by atoms with Crippen molar-refractivity contribution < 1.29 is 0 Å². The van der Waals surface area contributed by atoms with Crippen molar-refractivity contribution in [2.24, 2.45) is 0 Å². The Morgan fingerprint density at radius 2 is 0.952 bits per heavy atom.